The number of benzene rings is 1. The maximum absolute atomic E-state index is 11.4. The van der Waals surface area contributed by atoms with E-state index in [-0.39, 0.29) is 18.6 Å². The molecule has 4 rings (SSSR count). The molecule has 1 saturated carbocycles. The second-order valence-corrected chi connectivity index (χ2v) is 7.60. The summed E-state index contributed by atoms with van der Waals surface area (Å²) in [4.78, 5) is 0. The van der Waals surface area contributed by atoms with Crippen LogP contribution in [0, 0.1) is 11.3 Å². The summed E-state index contributed by atoms with van der Waals surface area (Å²) in [5.74, 6) is 1.43. The molecule has 2 aliphatic carbocycles. The van der Waals surface area contributed by atoms with Crippen LogP contribution in [0.2, 0.25) is 0 Å². The van der Waals surface area contributed by atoms with Gasteiger partial charge in [0.2, 0.25) is 6.79 Å². The first-order valence-electron chi connectivity index (χ1n) is 9.14. The maximum Gasteiger partial charge on any atom is 0.231 e. The lowest BCUT2D eigenvalue weighted by Crippen LogP contribution is -2.59. The fourth-order valence-electron chi connectivity index (χ4n) is 5.42. The van der Waals surface area contributed by atoms with Crippen LogP contribution in [-0.2, 0) is 9.47 Å². The van der Waals surface area contributed by atoms with Gasteiger partial charge in [0.25, 0.3) is 0 Å². The zero-order valence-corrected chi connectivity index (χ0v) is 15.8. The molecule has 27 heavy (non-hydrogen) atoms. The number of hydrogen-bond donors (Lipinski definition) is 2. The molecule has 1 aliphatic heterocycles. The molecule has 6 atom stereocenters. The third kappa shape index (κ3) is 2.18. The summed E-state index contributed by atoms with van der Waals surface area (Å²) in [5.41, 5.74) is -0.969. The SMILES string of the molecule is C=CC[C@]12C=C(OC)[C@@H](O)[C@](OC)([C@H](c3ccc4c(c3)OCO4)[C@H]1C)[C@H]2O. The van der Waals surface area contributed by atoms with Crippen LogP contribution >= 0.6 is 0 Å². The van der Waals surface area contributed by atoms with Crippen molar-refractivity contribution in [1.29, 1.82) is 0 Å². The lowest BCUT2D eigenvalue weighted by molar-refractivity contribution is -0.179. The second kappa shape index (κ2) is 6.26. The highest BCUT2D eigenvalue weighted by molar-refractivity contribution is 5.49. The maximum atomic E-state index is 11.4. The Balaban J connectivity index is 1.91. The predicted molar refractivity (Wildman–Crippen MR) is 98.6 cm³/mol. The molecule has 0 aromatic heterocycles. The van der Waals surface area contributed by atoms with Gasteiger partial charge in [-0.05, 0) is 36.1 Å². The van der Waals surface area contributed by atoms with Gasteiger partial charge in [0.05, 0.1) is 13.2 Å². The lowest BCUT2D eigenvalue weighted by Gasteiger charge is -2.46. The Bertz CT molecular complexity index is 789. The van der Waals surface area contributed by atoms with Crippen LogP contribution in [0.25, 0.3) is 0 Å². The minimum atomic E-state index is -1.24. The zero-order chi connectivity index (χ0) is 19.4. The molecule has 0 radical (unpaired) electrons. The van der Waals surface area contributed by atoms with Gasteiger partial charge in [0, 0.05) is 18.4 Å². The topological polar surface area (TPSA) is 77.4 Å². The molecule has 2 bridgehead atoms. The van der Waals surface area contributed by atoms with Crippen LogP contribution in [-0.4, -0.2) is 49.0 Å². The number of fused-ring (bicyclic) bond motifs is 3. The molecule has 1 fully saturated rings. The molecule has 1 aromatic carbocycles. The molecular formula is C21H26O6. The minimum Gasteiger partial charge on any atom is -0.499 e. The lowest BCUT2D eigenvalue weighted by atomic mass is 9.69. The first kappa shape index (κ1) is 18.3. The van der Waals surface area contributed by atoms with Gasteiger partial charge in [-0.25, -0.2) is 0 Å². The smallest absolute Gasteiger partial charge is 0.231 e. The zero-order valence-electron chi connectivity index (χ0n) is 15.8. The fourth-order valence-corrected chi connectivity index (χ4v) is 5.42. The standard InChI is InChI=1S/C21H26O6/c1-5-8-20-10-16(24-3)18(22)21(25-4,19(20)23)17(12(20)2)13-6-7-14-15(9-13)27-11-26-14/h5-7,9-10,12,17-19,22-23H,1,8,11H2,2-4H3/t12-,17+,18-,19+,20+,21-/m1/s1. The fraction of sp³-hybridized carbons (Fsp3) is 0.524. The van der Waals surface area contributed by atoms with E-state index >= 15 is 0 Å². The van der Waals surface area contributed by atoms with Gasteiger partial charge in [-0.2, -0.15) is 0 Å². The van der Waals surface area contributed by atoms with Crippen LogP contribution in [0.4, 0.5) is 0 Å². The number of allylic oxidation sites excluding steroid dienone is 1. The molecule has 6 nitrogen and oxygen atoms in total. The van der Waals surface area contributed by atoms with Crippen LogP contribution in [0.5, 0.6) is 11.5 Å². The minimum absolute atomic E-state index is 0.0480. The van der Waals surface area contributed by atoms with E-state index < -0.39 is 23.2 Å². The van der Waals surface area contributed by atoms with E-state index in [2.05, 4.69) is 13.5 Å². The molecule has 146 valence electrons. The molecular weight excluding hydrogens is 348 g/mol. The van der Waals surface area contributed by atoms with Crippen LogP contribution in [0.3, 0.4) is 0 Å². The Hall–Kier alpha value is -2.02. The van der Waals surface area contributed by atoms with Crippen molar-refractivity contribution in [2.75, 3.05) is 21.0 Å². The first-order chi connectivity index (χ1) is 13.0. The van der Waals surface area contributed by atoms with Crippen molar-refractivity contribution in [3.63, 3.8) is 0 Å². The van der Waals surface area contributed by atoms with E-state index in [1.807, 2.05) is 24.3 Å². The van der Waals surface area contributed by atoms with E-state index in [4.69, 9.17) is 18.9 Å². The summed E-state index contributed by atoms with van der Waals surface area (Å²) < 4.78 is 22.4. The summed E-state index contributed by atoms with van der Waals surface area (Å²) in [7, 11) is 3.05. The molecule has 1 aromatic rings. The van der Waals surface area contributed by atoms with Gasteiger partial charge in [0.1, 0.15) is 17.5 Å². The Labute approximate surface area is 159 Å². The van der Waals surface area contributed by atoms with Crippen LogP contribution in [0.1, 0.15) is 24.8 Å². The van der Waals surface area contributed by atoms with Crippen LogP contribution in [0.15, 0.2) is 42.7 Å². The third-order valence-corrected chi connectivity index (χ3v) is 6.72. The average molecular weight is 374 g/mol. The van der Waals surface area contributed by atoms with Gasteiger partial charge in [-0.1, -0.05) is 19.1 Å². The van der Waals surface area contributed by atoms with Gasteiger partial charge in [-0.3, -0.25) is 0 Å². The number of hydrogen-bond acceptors (Lipinski definition) is 6. The van der Waals surface area contributed by atoms with Gasteiger partial charge in [-0.15, -0.1) is 6.58 Å². The van der Waals surface area contributed by atoms with Gasteiger partial charge >= 0.3 is 0 Å². The molecule has 3 aliphatic rings. The van der Waals surface area contributed by atoms with Crippen molar-refractivity contribution in [2.45, 2.75) is 37.1 Å². The van der Waals surface area contributed by atoms with Crippen molar-refractivity contribution in [1.82, 2.24) is 0 Å². The second-order valence-electron chi connectivity index (χ2n) is 7.60. The molecule has 6 heteroatoms. The Morgan fingerprint density at radius 3 is 2.67 bits per heavy atom. The highest BCUT2D eigenvalue weighted by Gasteiger charge is 2.71. The summed E-state index contributed by atoms with van der Waals surface area (Å²) >= 11 is 0. The van der Waals surface area contributed by atoms with Gasteiger partial charge < -0.3 is 29.2 Å². The third-order valence-electron chi connectivity index (χ3n) is 6.72. The number of rotatable bonds is 5. The van der Waals surface area contributed by atoms with Crippen LogP contribution < -0.4 is 9.47 Å². The van der Waals surface area contributed by atoms with E-state index in [0.717, 1.165) is 5.56 Å². The first-order valence-corrected chi connectivity index (χ1v) is 9.14. The molecule has 2 N–H and O–H groups in total. The molecule has 1 heterocycles. The highest BCUT2D eigenvalue weighted by Crippen LogP contribution is 2.65. The molecule has 0 unspecified atom stereocenters. The Morgan fingerprint density at radius 1 is 1.26 bits per heavy atom. The summed E-state index contributed by atoms with van der Waals surface area (Å²) in [6.07, 6.45) is 2.18. The Morgan fingerprint density at radius 2 is 2.00 bits per heavy atom. The number of methoxy groups -OCH3 is 2. The van der Waals surface area contributed by atoms with Crippen molar-refractivity contribution in [2.24, 2.45) is 11.3 Å². The van der Waals surface area contributed by atoms with Gasteiger partial charge in [0.15, 0.2) is 11.5 Å². The number of aliphatic hydroxyl groups is 2. The largest absolute Gasteiger partial charge is 0.499 e. The summed E-state index contributed by atoms with van der Waals surface area (Å²) in [6, 6.07) is 5.72. The summed E-state index contributed by atoms with van der Waals surface area (Å²) in [6.45, 7) is 6.14. The van der Waals surface area contributed by atoms with E-state index in [9.17, 15) is 10.2 Å². The average Bonchev–Trinajstić information content (AvgIpc) is 3.18. The molecule has 0 amide bonds. The number of ether oxygens (including phenoxy) is 4. The Kier molecular flexibility index (Phi) is 4.25. The monoisotopic (exact) mass is 374 g/mol. The highest BCUT2D eigenvalue weighted by atomic mass is 16.7. The quantitative estimate of drug-likeness (QED) is 0.771. The number of aliphatic hydroxyl groups excluding tert-OH is 2. The van der Waals surface area contributed by atoms with Crippen molar-refractivity contribution in [3.05, 3.63) is 48.3 Å². The van der Waals surface area contributed by atoms with Crippen molar-refractivity contribution >= 4 is 0 Å². The molecule has 0 spiro atoms. The predicted octanol–water partition coefficient (Wildman–Crippen LogP) is 2.36. The van der Waals surface area contributed by atoms with Crippen molar-refractivity contribution in [3.8, 4) is 11.5 Å². The van der Waals surface area contributed by atoms with E-state index in [1.54, 1.807) is 6.08 Å². The van der Waals surface area contributed by atoms with E-state index in [0.29, 0.717) is 23.7 Å². The normalized spacial score (nSPS) is 39.2. The van der Waals surface area contributed by atoms with E-state index in [1.165, 1.54) is 14.2 Å². The van der Waals surface area contributed by atoms with Crippen molar-refractivity contribution < 1.29 is 29.2 Å². The molecule has 0 saturated heterocycles. The summed E-state index contributed by atoms with van der Waals surface area (Å²) in [5, 5.41) is 22.6.